The lowest BCUT2D eigenvalue weighted by Crippen LogP contribution is -2.04. The second kappa shape index (κ2) is 5.03. The Morgan fingerprint density at radius 2 is 1.89 bits per heavy atom. The van der Waals surface area contributed by atoms with Crippen LogP contribution >= 0.6 is 27.3 Å². The van der Waals surface area contributed by atoms with Crippen molar-refractivity contribution in [3.63, 3.8) is 0 Å². The number of nitrogens with two attached hydrogens (primary N) is 1. The molecule has 2 aromatic rings. The summed E-state index contributed by atoms with van der Waals surface area (Å²) in [4.78, 5) is 1.72. The van der Waals surface area contributed by atoms with Gasteiger partial charge in [0.05, 0.1) is 5.56 Å². The summed E-state index contributed by atoms with van der Waals surface area (Å²) in [5, 5.41) is 0. The van der Waals surface area contributed by atoms with Crippen molar-refractivity contribution < 1.29 is 13.2 Å². The van der Waals surface area contributed by atoms with Gasteiger partial charge >= 0.3 is 6.18 Å². The summed E-state index contributed by atoms with van der Waals surface area (Å²) in [5.74, 6) is 0. The molecule has 2 rings (SSSR count). The zero-order chi connectivity index (χ0) is 13.3. The van der Waals surface area contributed by atoms with Crippen molar-refractivity contribution in [3.8, 4) is 10.4 Å². The predicted octanol–water partition coefficient (Wildman–Crippen LogP) is 4.66. The molecule has 0 fully saturated rings. The SMILES string of the molecule is NCc1ccc(-c2cc(Br)cc(C(F)(F)F)c2)s1. The monoisotopic (exact) mass is 335 g/mol. The maximum absolute atomic E-state index is 12.7. The van der Waals surface area contributed by atoms with Gasteiger partial charge in [0.15, 0.2) is 0 Å². The standard InChI is InChI=1S/C12H9BrF3NS/c13-9-4-7(3-8(5-9)12(14,15)16)11-2-1-10(6-17)18-11/h1-5H,6,17H2. The first-order chi connectivity index (χ1) is 8.40. The van der Waals surface area contributed by atoms with Gasteiger partial charge in [-0.05, 0) is 35.9 Å². The van der Waals surface area contributed by atoms with Gasteiger partial charge in [0.25, 0.3) is 0 Å². The minimum absolute atomic E-state index is 0.394. The van der Waals surface area contributed by atoms with Crippen molar-refractivity contribution in [3.05, 3.63) is 45.2 Å². The zero-order valence-electron chi connectivity index (χ0n) is 9.09. The molecule has 0 atom stereocenters. The number of rotatable bonds is 2. The molecule has 96 valence electrons. The maximum atomic E-state index is 12.7. The highest BCUT2D eigenvalue weighted by Crippen LogP contribution is 2.36. The summed E-state index contributed by atoms with van der Waals surface area (Å²) in [5.41, 5.74) is 5.38. The molecule has 1 aromatic carbocycles. The number of alkyl halides is 3. The summed E-state index contributed by atoms with van der Waals surface area (Å²) < 4.78 is 38.5. The lowest BCUT2D eigenvalue weighted by Gasteiger charge is -2.09. The minimum Gasteiger partial charge on any atom is -0.326 e. The third-order valence-electron chi connectivity index (χ3n) is 2.37. The summed E-state index contributed by atoms with van der Waals surface area (Å²) in [6.45, 7) is 0.394. The molecule has 0 amide bonds. The molecule has 18 heavy (non-hydrogen) atoms. The van der Waals surface area contributed by atoms with Gasteiger partial charge in [-0.25, -0.2) is 0 Å². The second-order valence-corrected chi connectivity index (χ2v) is 5.78. The number of benzene rings is 1. The van der Waals surface area contributed by atoms with Gasteiger partial charge in [-0.2, -0.15) is 13.2 Å². The van der Waals surface area contributed by atoms with Crippen LogP contribution in [0.4, 0.5) is 13.2 Å². The third kappa shape index (κ3) is 2.93. The summed E-state index contributed by atoms with van der Waals surface area (Å²) >= 11 is 4.51. The molecular formula is C12H9BrF3NS. The Kier molecular flexibility index (Phi) is 3.79. The highest BCUT2D eigenvalue weighted by atomic mass is 79.9. The van der Waals surface area contributed by atoms with Crippen LogP contribution in [0, 0.1) is 0 Å². The van der Waals surface area contributed by atoms with Crippen molar-refractivity contribution in [2.45, 2.75) is 12.7 Å². The highest BCUT2D eigenvalue weighted by molar-refractivity contribution is 9.10. The van der Waals surface area contributed by atoms with Crippen LogP contribution in [-0.4, -0.2) is 0 Å². The van der Waals surface area contributed by atoms with Crippen molar-refractivity contribution in [1.29, 1.82) is 0 Å². The van der Waals surface area contributed by atoms with E-state index in [4.69, 9.17) is 5.73 Å². The Morgan fingerprint density at radius 1 is 1.17 bits per heavy atom. The Balaban J connectivity index is 2.48. The van der Waals surface area contributed by atoms with Crippen molar-refractivity contribution in [2.75, 3.05) is 0 Å². The molecule has 1 heterocycles. The van der Waals surface area contributed by atoms with E-state index < -0.39 is 11.7 Å². The van der Waals surface area contributed by atoms with Gasteiger partial charge < -0.3 is 5.73 Å². The lowest BCUT2D eigenvalue weighted by atomic mass is 10.1. The fraction of sp³-hybridized carbons (Fsp3) is 0.167. The van der Waals surface area contributed by atoms with Gasteiger partial charge in [0.2, 0.25) is 0 Å². The number of thiophene rings is 1. The van der Waals surface area contributed by atoms with Crippen LogP contribution < -0.4 is 5.73 Å². The molecule has 0 aliphatic rings. The topological polar surface area (TPSA) is 26.0 Å². The summed E-state index contributed by atoms with van der Waals surface area (Å²) in [7, 11) is 0. The van der Waals surface area contributed by atoms with Gasteiger partial charge in [0, 0.05) is 20.8 Å². The molecule has 1 nitrogen and oxygen atoms in total. The first-order valence-corrected chi connectivity index (χ1v) is 6.68. The number of hydrogen-bond acceptors (Lipinski definition) is 2. The fourth-order valence-corrected chi connectivity index (χ4v) is 2.91. The van der Waals surface area contributed by atoms with E-state index in [0.717, 1.165) is 21.9 Å². The van der Waals surface area contributed by atoms with Crippen LogP contribution in [0.1, 0.15) is 10.4 Å². The van der Waals surface area contributed by atoms with E-state index in [1.54, 1.807) is 12.1 Å². The molecule has 0 saturated carbocycles. The highest BCUT2D eigenvalue weighted by Gasteiger charge is 2.31. The largest absolute Gasteiger partial charge is 0.416 e. The van der Waals surface area contributed by atoms with Crippen LogP contribution in [0.25, 0.3) is 10.4 Å². The summed E-state index contributed by atoms with van der Waals surface area (Å²) in [6, 6.07) is 7.50. The van der Waals surface area contributed by atoms with Gasteiger partial charge in [-0.1, -0.05) is 15.9 Å². The molecule has 6 heteroatoms. The molecule has 0 unspecified atom stereocenters. The maximum Gasteiger partial charge on any atom is 0.416 e. The van der Waals surface area contributed by atoms with E-state index in [0.29, 0.717) is 16.6 Å². The van der Waals surface area contributed by atoms with Crippen LogP contribution in [0.3, 0.4) is 0 Å². The molecule has 0 saturated heterocycles. The van der Waals surface area contributed by atoms with E-state index in [1.165, 1.54) is 11.3 Å². The minimum atomic E-state index is -4.34. The van der Waals surface area contributed by atoms with E-state index in [2.05, 4.69) is 15.9 Å². The van der Waals surface area contributed by atoms with E-state index in [1.807, 2.05) is 6.07 Å². The van der Waals surface area contributed by atoms with Gasteiger partial charge in [-0.15, -0.1) is 11.3 Å². The molecular weight excluding hydrogens is 327 g/mol. The zero-order valence-corrected chi connectivity index (χ0v) is 11.5. The van der Waals surface area contributed by atoms with Crippen molar-refractivity contribution in [1.82, 2.24) is 0 Å². The second-order valence-electron chi connectivity index (χ2n) is 3.70. The number of halogens is 4. The Labute approximate surface area is 115 Å². The predicted molar refractivity (Wildman–Crippen MR) is 70.3 cm³/mol. The molecule has 0 bridgehead atoms. The molecule has 2 N–H and O–H groups in total. The molecule has 0 spiro atoms. The lowest BCUT2D eigenvalue weighted by molar-refractivity contribution is -0.137. The molecule has 0 aliphatic carbocycles. The fourth-order valence-electron chi connectivity index (χ4n) is 1.54. The first kappa shape index (κ1) is 13.6. The van der Waals surface area contributed by atoms with Crippen LogP contribution in [0.5, 0.6) is 0 Å². The quantitative estimate of drug-likeness (QED) is 0.848. The average Bonchev–Trinajstić information content (AvgIpc) is 2.75. The Bertz CT molecular complexity index is 563. The molecule has 1 aromatic heterocycles. The van der Waals surface area contributed by atoms with Gasteiger partial charge in [0.1, 0.15) is 0 Å². The van der Waals surface area contributed by atoms with Crippen LogP contribution in [0.2, 0.25) is 0 Å². The van der Waals surface area contributed by atoms with Gasteiger partial charge in [-0.3, -0.25) is 0 Å². The first-order valence-electron chi connectivity index (χ1n) is 5.07. The van der Waals surface area contributed by atoms with Crippen molar-refractivity contribution in [2.24, 2.45) is 5.73 Å². The van der Waals surface area contributed by atoms with E-state index in [9.17, 15) is 13.2 Å². The third-order valence-corrected chi connectivity index (χ3v) is 3.99. The van der Waals surface area contributed by atoms with Crippen molar-refractivity contribution >= 4 is 27.3 Å². The van der Waals surface area contributed by atoms with Crippen LogP contribution in [0.15, 0.2) is 34.8 Å². The smallest absolute Gasteiger partial charge is 0.326 e. The normalized spacial score (nSPS) is 11.8. The number of hydrogen-bond donors (Lipinski definition) is 1. The Morgan fingerprint density at radius 3 is 2.44 bits per heavy atom. The Hall–Kier alpha value is -0.850. The average molecular weight is 336 g/mol. The molecule has 0 aliphatic heterocycles. The van der Waals surface area contributed by atoms with Crippen LogP contribution in [-0.2, 0) is 12.7 Å². The summed E-state index contributed by atoms with van der Waals surface area (Å²) in [6.07, 6.45) is -4.34. The van der Waals surface area contributed by atoms with E-state index >= 15 is 0 Å². The van der Waals surface area contributed by atoms with E-state index in [-0.39, 0.29) is 0 Å². The molecule has 0 radical (unpaired) electrons.